The lowest BCUT2D eigenvalue weighted by Gasteiger charge is -2.29. The molecule has 2 aromatic rings. The Hall–Kier alpha value is -2.18. The van der Waals surface area contributed by atoms with Crippen molar-refractivity contribution in [2.24, 2.45) is 11.1 Å². The Morgan fingerprint density at radius 1 is 1.30 bits per heavy atom. The molecule has 1 atom stereocenters. The molecule has 1 unspecified atom stereocenters. The Kier molecular flexibility index (Phi) is 6.63. The maximum Gasteiger partial charge on any atom is 0.307 e. The Morgan fingerprint density at radius 2 is 2.11 bits per heavy atom. The van der Waals surface area contributed by atoms with Gasteiger partial charge in [0.15, 0.2) is 0 Å². The molecule has 0 spiro atoms. The number of nitrogens with zero attached hydrogens (tertiary/aromatic N) is 2. The van der Waals surface area contributed by atoms with Gasteiger partial charge in [0, 0.05) is 18.7 Å². The fourth-order valence-electron chi connectivity index (χ4n) is 3.41. The highest BCUT2D eigenvalue weighted by Gasteiger charge is 2.25. The van der Waals surface area contributed by atoms with Gasteiger partial charge in [-0.25, -0.2) is 0 Å². The molecule has 27 heavy (non-hydrogen) atoms. The van der Waals surface area contributed by atoms with Gasteiger partial charge in [0.1, 0.15) is 12.3 Å². The van der Waals surface area contributed by atoms with E-state index in [0.717, 1.165) is 41.1 Å². The highest BCUT2D eigenvalue weighted by Crippen LogP contribution is 2.23. The predicted octanol–water partition coefficient (Wildman–Crippen LogP) is 3.93. The van der Waals surface area contributed by atoms with Gasteiger partial charge >= 0.3 is 5.97 Å². The van der Waals surface area contributed by atoms with Gasteiger partial charge < -0.3 is 9.94 Å². The summed E-state index contributed by atoms with van der Waals surface area (Å²) in [6, 6.07) is 10.3. The van der Waals surface area contributed by atoms with Crippen LogP contribution in [0.2, 0.25) is 0 Å². The highest BCUT2D eigenvalue weighted by molar-refractivity contribution is 7.12. The van der Waals surface area contributed by atoms with E-state index in [1.807, 2.05) is 12.1 Å². The fourth-order valence-corrected chi connectivity index (χ4v) is 4.33. The van der Waals surface area contributed by atoms with Crippen LogP contribution in [0.1, 0.15) is 34.4 Å². The van der Waals surface area contributed by atoms with Crippen molar-refractivity contribution in [2.75, 3.05) is 26.2 Å². The number of benzene rings is 1. The zero-order valence-corrected chi connectivity index (χ0v) is 16.7. The quantitative estimate of drug-likeness (QED) is 0.445. The van der Waals surface area contributed by atoms with Crippen LogP contribution in [0, 0.1) is 19.8 Å². The number of aryl methyl sites for hydroxylation is 2. The summed E-state index contributed by atoms with van der Waals surface area (Å²) in [6.07, 6.45) is 1.68. The number of thiophene rings is 1. The van der Waals surface area contributed by atoms with E-state index in [1.165, 1.54) is 5.56 Å². The molecule has 0 amide bonds. The minimum atomic E-state index is -0.700. The second-order valence-corrected chi connectivity index (χ2v) is 7.91. The van der Waals surface area contributed by atoms with Crippen LogP contribution in [0.5, 0.6) is 0 Å². The number of hydrogen-bond acceptors (Lipinski definition) is 5. The zero-order valence-electron chi connectivity index (χ0n) is 15.9. The Labute approximate surface area is 164 Å². The first-order valence-electron chi connectivity index (χ1n) is 9.32. The molecule has 144 valence electrons. The fraction of sp³-hybridized carbons (Fsp3) is 0.429. The van der Waals surface area contributed by atoms with Gasteiger partial charge in [-0.05, 0) is 55.8 Å². The van der Waals surface area contributed by atoms with Gasteiger partial charge in [-0.2, -0.15) is 0 Å². The number of piperidine rings is 1. The van der Waals surface area contributed by atoms with E-state index in [9.17, 15) is 9.90 Å². The molecule has 1 aliphatic heterocycles. The van der Waals surface area contributed by atoms with Gasteiger partial charge in [-0.15, -0.1) is 11.3 Å². The van der Waals surface area contributed by atoms with Crippen LogP contribution >= 0.6 is 11.3 Å². The van der Waals surface area contributed by atoms with E-state index in [4.69, 9.17) is 4.84 Å². The molecule has 0 bridgehead atoms. The number of hydrogen-bond donors (Lipinski definition) is 1. The Morgan fingerprint density at radius 3 is 2.81 bits per heavy atom. The first-order chi connectivity index (χ1) is 13.1. The molecule has 1 aliphatic rings. The van der Waals surface area contributed by atoms with Crippen LogP contribution in [-0.2, 0) is 9.63 Å². The van der Waals surface area contributed by atoms with Gasteiger partial charge in [0.25, 0.3) is 0 Å². The van der Waals surface area contributed by atoms with Crippen molar-refractivity contribution in [1.29, 1.82) is 0 Å². The summed E-state index contributed by atoms with van der Waals surface area (Å²) >= 11 is 1.66. The third-order valence-corrected chi connectivity index (χ3v) is 6.01. The molecule has 1 aromatic carbocycles. The molecule has 1 N–H and O–H groups in total. The molecular weight excluding hydrogens is 360 g/mol. The van der Waals surface area contributed by atoms with Crippen molar-refractivity contribution in [3.63, 3.8) is 0 Å². The molecule has 5 nitrogen and oxygen atoms in total. The molecule has 6 heteroatoms. The van der Waals surface area contributed by atoms with Crippen LogP contribution in [-0.4, -0.2) is 47.9 Å². The van der Waals surface area contributed by atoms with Gasteiger partial charge in [-0.3, -0.25) is 9.69 Å². The molecule has 0 saturated carbocycles. The highest BCUT2D eigenvalue weighted by atomic mass is 32.1. The topological polar surface area (TPSA) is 62.1 Å². The lowest BCUT2D eigenvalue weighted by molar-refractivity contribution is -0.143. The summed E-state index contributed by atoms with van der Waals surface area (Å²) in [5.74, 6) is -0.966. The summed E-state index contributed by atoms with van der Waals surface area (Å²) in [5, 5.41) is 15.8. The molecule has 1 aromatic heterocycles. The van der Waals surface area contributed by atoms with Crippen LogP contribution in [0.25, 0.3) is 0 Å². The van der Waals surface area contributed by atoms with Gasteiger partial charge in [0.2, 0.25) is 0 Å². The van der Waals surface area contributed by atoms with Crippen LogP contribution in [0.15, 0.2) is 40.9 Å². The number of carbonyl (C=O) groups is 1. The Bertz CT molecular complexity index is 815. The van der Waals surface area contributed by atoms with E-state index in [0.29, 0.717) is 19.7 Å². The van der Waals surface area contributed by atoms with E-state index in [1.54, 1.807) is 11.3 Å². The smallest absolute Gasteiger partial charge is 0.307 e. The van der Waals surface area contributed by atoms with Crippen LogP contribution < -0.4 is 0 Å². The summed E-state index contributed by atoms with van der Waals surface area (Å²) in [6.45, 7) is 6.82. The molecule has 2 heterocycles. The summed E-state index contributed by atoms with van der Waals surface area (Å²) in [4.78, 5) is 20.2. The summed E-state index contributed by atoms with van der Waals surface area (Å²) in [5.41, 5.74) is 4.29. The SMILES string of the molecule is Cc1ccccc1/C(=N/OCCN1CCCC(C(=O)O)C1)c1sccc1C. The van der Waals surface area contributed by atoms with Crippen molar-refractivity contribution < 1.29 is 14.7 Å². The lowest BCUT2D eigenvalue weighted by Crippen LogP contribution is -2.40. The molecule has 1 fully saturated rings. The summed E-state index contributed by atoms with van der Waals surface area (Å²) < 4.78 is 0. The monoisotopic (exact) mass is 386 g/mol. The normalized spacial score (nSPS) is 18.4. The van der Waals surface area contributed by atoms with Crippen molar-refractivity contribution in [3.8, 4) is 0 Å². The van der Waals surface area contributed by atoms with Crippen molar-refractivity contribution in [1.82, 2.24) is 4.90 Å². The minimum Gasteiger partial charge on any atom is -0.481 e. The van der Waals surface area contributed by atoms with Crippen LogP contribution in [0.3, 0.4) is 0 Å². The molecule has 0 radical (unpaired) electrons. The van der Waals surface area contributed by atoms with Gasteiger partial charge in [-0.1, -0.05) is 29.4 Å². The van der Waals surface area contributed by atoms with Gasteiger partial charge in [0.05, 0.1) is 10.8 Å². The molecule has 0 aliphatic carbocycles. The average Bonchev–Trinajstić information content (AvgIpc) is 3.09. The largest absolute Gasteiger partial charge is 0.481 e. The van der Waals surface area contributed by atoms with Crippen LogP contribution in [0.4, 0.5) is 0 Å². The first kappa shape index (κ1) is 19.6. The average molecular weight is 387 g/mol. The van der Waals surface area contributed by atoms with E-state index in [-0.39, 0.29) is 5.92 Å². The number of carboxylic acids is 1. The first-order valence-corrected chi connectivity index (χ1v) is 10.2. The lowest BCUT2D eigenvalue weighted by atomic mass is 9.98. The molecule has 1 saturated heterocycles. The third-order valence-electron chi connectivity index (χ3n) is 4.99. The van der Waals surface area contributed by atoms with E-state index >= 15 is 0 Å². The minimum absolute atomic E-state index is 0.265. The third kappa shape index (κ3) is 4.96. The standard InChI is InChI=1S/C21H26N2O3S/c1-15-6-3-4-8-18(15)19(20-16(2)9-13-27-20)22-26-12-11-23-10-5-7-17(14-23)21(24)25/h3-4,6,8-9,13,17H,5,7,10-12,14H2,1-2H3,(H,24,25)/b22-19-. The van der Waals surface area contributed by atoms with Crippen molar-refractivity contribution in [3.05, 3.63) is 57.3 Å². The molecule has 3 rings (SSSR count). The number of rotatable bonds is 7. The number of aliphatic carboxylic acids is 1. The summed E-state index contributed by atoms with van der Waals surface area (Å²) in [7, 11) is 0. The molecular formula is C21H26N2O3S. The number of carboxylic acid groups (broad SMARTS) is 1. The van der Waals surface area contributed by atoms with E-state index < -0.39 is 5.97 Å². The zero-order chi connectivity index (χ0) is 19.2. The number of oxime groups is 1. The van der Waals surface area contributed by atoms with E-state index in [2.05, 4.69) is 47.5 Å². The predicted molar refractivity (Wildman–Crippen MR) is 109 cm³/mol. The Balaban J connectivity index is 1.67. The second-order valence-electron chi connectivity index (χ2n) is 7.00. The van der Waals surface area contributed by atoms with Crippen molar-refractivity contribution >= 4 is 23.0 Å². The number of likely N-dealkylation sites (tertiary alicyclic amines) is 1. The maximum absolute atomic E-state index is 11.2. The maximum atomic E-state index is 11.2. The second kappa shape index (κ2) is 9.15. The van der Waals surface area contributed by atoms with Crippen molar-refractivity contribution in [2.45, 2.75) is 26.7 Å².